The van der Waals surface area contributed by atoms with Gasteiger partial charge in [-0.2, -0.15) is 0 Å². The van der Waals surface area contributed by atoms with Crippen LogP contribution in [0, 0.1) is 10.1 Å². The second-order valence-corrected chi connectivity index (χ2v) is 5.73. The maximum atomic E-state index is 11.5. The van der Waals surface area contributed by atoms with E-state index in [9.17, 15) is 14.9 Å². The number of ether oxygens (including phenoxy) is 1. The number of esters is 1. The molecule has 0 aromatic rings. The number of carbonyl (C=O) groups is 1. The summed E-state index contributed by atoms with van der Waals surface area (Å²) in [5, 5.41) is 11.5. The third-order valence-corrected chi connectivity index (χ3v) is 4.06. The molecule has 0 unspecified atom stereocenters. The molecule has 142 valence electrons. The van der Waals surface area contributed by atoms with E-state index in [-0.39, 0.29) is 24.1 Å². The zero-order chi connectivity index (χ0) is 19.4. The molecule has 0 aliphatic carbocycles. The van der Waals surface area contributed by atoms with Gasteiger partial charge in [-0.15, -0.1) is 0 Å². The van der Waals surface area contributed by atoms with Gasteiger partial charge < -0.3 is 9.64 Å². The summed E-state index contributed by atoms with van der Waals surface area (Å²) in [6.07, 6.45) is 5.85. The van der Waals surface area contributed by atoms with E-state index < -0.39 is 4.92 Å². The summed E-state index contributed by atoms with van der Waals surface area (Å²) in [7, 11) is 1.34. The minimum Gasteiger partial charge on any atom is -0.469 e. The van der Waals surface area contributed by atoms with Crippen molar-refractivity contribution in [2.45, 2.75) is 66.3 Å². The summed E-state index contributed by atoms with van der Waals surface area (Å²) in [6.45, 7) is 9.93. The molecular weight excluding hydrogens is 322 g/mol. The molecular formula is C18H31N3O4. The SMILES string of the molecule is CC/C=C(C)/N=C/C(=C(\C)N(CCC(=O)OC)C(CC)CC)[N+](=O)[O-]. The van der Waals surface area contributed by atoms with Crippen molar-refractivity contribution in [1.29, 1.82) is 0 Å². The Balaban J connectivity index is 5.77. The van der Waals surface area contributed by atoms with Crippen LogP contribution < -0.4 is 0 Å². The average Bonchev–Trinajstić information content (AvgIpc) is 2.58. The zero-order valence-electron chi connectivity index (χ0n) is 16.2. The predicted octanol–water partition coefficient (Wildman–Crippen LogP) is 3.93. The first-order chi connectivity index (χ1) is 11.8. The van der Waals surface area contributed by atoms with Crippen LogP contribution in [-0.4, -0.2) is 41.7 Å². The Morgan fingerprint density at radius 1 is 1.28 bits per heavy atom. The molecule has 0 heterocycles. The van der Waals surface area contributed by atoms with Gasteiger partial charge in [-0.1, -0.05) is 26.8 Å². The lowest BCUT2D eigenvalue weighted by molar-refractivity contribution is -0.416. The summed E-state index contributed by atoms with van der Waals surface area (Å²) in [4.78, 5) is 28.7. The Morgan fingerprint density at radius 2 is 1.88 bits per heavy atom. The van der Waals surface area contributed by atoms with Gasteiger partial charge in [-0.3, -0.25) is 19.9 Å². The van der Waals surface area contributed by atoms with E-state index in [1.807, 2.05) is 38.7 Å². The highest BCUT2D eigenvalue weighted by Crippen LogP contribution is 2.19. The Morgan fingerprint density at radius 3 is 2.32 bits per heavy atom. The van der Waals surface area contributed by atoms with Crippen LogP contribution >= 0.6 is 0 Å². The first-order valence-electron chi connectivity index (χ1n) is 8.71. The molecule has 0 amide bonds. The molecule has 0 aromatic carbocycles. The monoisotopic (exact) mass is 353 g/mol. The Kier molecular flexibility index (Phi) is 11.2. The minimum atomic E-state index is -0.425. The molecule has 7 nitrogen and oxygen atoms in total. The number of hydrogen-bond donors (Lipinski definition) is 0. The summed E-state index contributed by atoms with van der Waals surface area (Å²) in [6, 6.07) is 0.111. The quantitative estimate of drug-likeness (QED) is 0.243. The van der Waals surface area contributed by atoms with E-state index in [1.54, 1.807) is 6.92 Å². The maximum Gasteiger partial charge on any atom is 0.307 e. The highest BCUT2D eigenvalue weighted by molar-refractivity contribution is 5.77. The molecule has 0 fully saturated rings. The smallest absolute Gasteiger partial charge is 0.307 e. The molecule has 0 N–H and O–H groups in total. The normalized spacial score (nSPS) is 13.2. The van der Waals surface area contributed by atoms with E-state index in [4.69, 9.17) is 4.74 Å². The zero-order valence-corrected chi connectivity index (χ0v) is 16.2. The summed E-state index contributed by atoms with van der Waals surface area (Å²) >= 11 is 0. The highest BCUT2D eigenvalue weighted by Gasteiger charge is 2.24. The van der Waals surface area contributed by atoms with Gasteiger partial charge in [0.05, 0.1) is 24.2 Å². The van der Waals surface area contributed by atoms with Gasteiger partial charge in [0, 0.05) is 18.3 Å². The highest BCUT2D eigenvalue weighted by atomic mass is 16.6. The molecule has 0 aliphatic rings. The lowest BCUT2D eigenvalue weighted by atomic mass is 10.1. The molecule has 7 heteroatoms. The van der Waals surface area contributed by atoms with E-state index in [1.165, 1.54) is 13.3 Å². The van der Waals surface area contributed by atoms with Crippen molar-refractivity contribution in [2.75, 3.05) is 13.7 Å². The predicted molar refractivity (Wildman–Crippen MR) is 99.9 cm³/mol. The fourth-order valence-corrected chi connectivity index (χ4v) is 2.60. The average molecular weight is 353 g/mol. The lowest BCUT2D eigenvalue weighted by Gasteiger charge is -2.32. The second-order valence-electron chi connectivity index (χ2n) is 5.73. The number of nitrogens with zero attached hydrogens (tertiary/aromatic N) is 3. The molecule has 0 rings (SSSR count). The Labute approximate surface area is 150 Å². The van der Waals surface area contributed by atoms with Crippen molar-refractivity contribution < 1.29 is 14.5 Å². The summed E-state index contributed by atoms with van der Waals surface area (Å²) in [5.74, 6) is -0.332. The number of methoxy groups -OCH3 is 1. The van der Waals surface area contributed by atoms with Crippen molar-refractivity contribution in [3.63, 3.8) is 0 Å². The van der Waals surface area contributed by atoms with Gasteiger partial charge in [-0.25, -0.2) is 0 Å². The van der Waals surface area contributed by atoms with Crippen LogP contribution in [0.15, 0.2) is 28.2 Å². The van der Waals surface area contributed by atoms with Crippen LogP contribution in [-0.2, 0) is 9.53 Å². The second kappa shape index (κ2) is 12.2. The van der Waals surface area contributed by atoms with E-state index in [0.717, 1.165) is 25.0 Å². The van der Waals surface area contributed by atoms with Crippen LogP contribution in [0.3, 0.4) is 0 Å². The van der Waals surface area contributed by atoms with Crippen molar-refractivity contribution in [2.24, 2.45) is 4.99 Å². The third kappa shape index (κ3) is 7.96. The fourth-order valence-electron chi connectivity index (χ4n) is 2.60. The summed E-state index contributed by atoms with van der Waals surface area (Å²) < 4.78 is 4.69. The molecule has 0 aliphatic heterocycles. The largest absolute Gasteiger partial charge is 0.469 e. The van der Waals surface area contributed by atoms with Gasteiger partial charge in [0.2, 0.25) is 0 Å². The van der Waals surface area contributed by atoms with Crippen molar-refractivity contribution in [3.05, 3.63) is 33.3 Å². The number of carbonyl (C=O) groups excluding carboxylic acids is 1. The Hall–Kier alpha value is -2.18. The van der Waals surface area contributed by atoms with Crippen LogP contribution in [0.2, 0.25) is 0 Å². The van der Waals surface area contributed by atoms with E-state index in [0.29, 0.717) is 12.2 Å². The molecule has 25 heavy (non-hydrogen) atoms. The molecule has 0 radical (unpaired) electrons. The van der Waals surface area contributed by atoms with Crippen LogP contribution in [0.5, 0.6) is 0 Å². The third-order valence-electron chi connectivity index (χ3n) is 4.06. The van der Waals surface area contributed by atoms with Crippen LogP contribution in [0.4, 0.5) is 0 Å². The molecule has 0 bridgehead atoms. The molecule has 0 atom stereocenters. The summed E-state index contributed by atoms with van der Waals surface area (Å²) in [5.41, 5.74) is 1.19. The van der Waals surface area contributed by atoms with Crippen LogP contribution in [0.25, 0.3) is 0 Å². The first kappa shape index (κ1) is 22.8. The topological polar surface area (TPSA) is 85.0 Å². The van der Waals surface area contributed by atoms with Gasteiger partial charge in [0.15, 0.2) is 0 Å². The standard InChI is InChI=1S/C18H31N3O4/c1-7-10-14(4)19-13-17(21(23)24)15(5)20(16(8-2)9-3)12-11-18(22)25-6/h10,13,16H,7-9,11-12H2,1-6H3/b14-10+,17-15-,19-13+. The minimum absolute atomic E-state index is 0.0550. The van der Waals surface area contributed by atoms with Crippen molar-refractivity contribution in [3.8, 4) is 0 Å². The fraction of sp³-hybridized carbons (Fsp3) is 0.667. The maximum absolute atomic E-state index is 11.5. The van der Waals surface area contributed by atoms with Gasteiger partial charge in [-0.05, 0) is 33.1 Å². The number of aliphatic imine (C=N–C) groups is 1. The van der Waals surface area contributed by atoms with Crippen LogP contribution in [0.1, 0.15) is 60.3 Å². The lowest BCUT2D eigenvalue weighted by Crippen LogP contribution is -2.36. The van der Waals surface area contributed by atoms with E-state index in [2.05, 4.69) is 4.99 Å². The van der Waals surface area contributed by atoms with Gasteiger partial charge in [0.25, 0.3) is 0 Å². The first-order valence-corrected chi connectivity index (χ1v) is 8.71. The van der Waals surface area contributed by atoms with Crippen molar-refractivity contribution >= 4 is 12.2 Å². The molecule has 0 aromatic heterocycles. The van der Waals surface area contributed by atoms with E-state index >= 15 is 0 Å². The Bertz CT molecular complexity index is 534. The van der Waals surface area contributed by atoms with Crippen molar-refractivity contribution in [1.82, 2.24) is 4.90 Å². The number of rotatable bonds is 11. The van der Waals surface area contributed by atoms with Gasteiger partial charge in [0.1, 0.15) is 6.21 Å². The molecule has 0 saturated heterocycles. The van der Waals surface area contributed by atoms with Gasteiger partial charge >= 0.3 is 11.7 Å². The molecule has 0 saturated carbocycles. The molecule has 0 spiro atoms. The number of allylic oxidation sites excluding steroid dienone is 4. The number of nitro groups is 1. The number of hydrogen-bond acceptors (Lipinski definition) is 6.